The van der Waals surface area contributed by atoms with Crippen molar-refractivity contribution < 1.29 is 27.9 Å². The van der Waals surface area contributed by atoms with Crippen LogP contribution in [0.25, 0.3) is 17.1 Å². The van der Waals surface area contributed by atoms with Crippen molar-refractivity contribution in [1.82, 2.24) is 44.3 Å². The van der Waals surface area contributed by atoms with Gasteiger partial charge in [0.2, 0.25) is 12.2 Å². The van der Waals surface area contributed by atoms with Crippen LogP contribution in [0.1, 0.15) is 22.9 Å². The smallest absolute Gasteiger partial charge is 0.382 e. The van der Waals surface area contributed by atoms with Crippen LogP contribution >= 0.6 is 23.2 Å². The first-order chi connectivity index (χ1) is 20.4. The van der Waals surface area contributed by atoms with Crippen LogP contribution in [0.3, 0.4) is 0 Å². The normalized spacial score (nSPS) is 16.0. The molecule has 1 aliphatic rings. The van der Waals surface area contributed by atoms with Gasteiger partial charge < -0.3 is 15.3 Å². The third kappa shape index (κ3) is 6.55. The lowest BCUT2D eigenvalue weighted by Gasteiger charge is -2.15. The Kier molecular flexibility index (Phi) is 8.52. The monoisotopic (exact) mass is 639 g/mol. The van der Waals surface area contributed by atoms with Gasteiger partial charge in [0.25, 0.3) is 5.91 Å². The Bertz CT molecular complexity index is 1710. The largest absolute Gasteiger partial charge is 0.416 e. The lowest BCUT2D eigenvalue weighted by molar-refractivity contribution is -0.207. The van der Waals surface area contributed by atoms with Crippen LogP contribution in [-0.4, -0.2) is 87.8 Å². The van der Waals surface area contributed by atoms with Crippen molar-refractivity contribution in [2.24, 2.45) is 0 Å². The molecule has 0 radical (unpaired) electrons. The number of aliphatic hydroxyl groups is 1. The molecule has 2 N–H and O–H groups in total. The molecule has 4 heterocycles. The SMILES string of the molecule is O=CN1CCC(NC(=O)c2nc(Cn3nc(-c4ccc(Cl)cc4)n(C[C@H](O)C(F)(F)F)c3=O)nn2-c2cccnc2Cl)C1. The van der Waals surface area contributed by atoms with Crippen LogP contribution in [0.15, 0.2) is 47.4 Å². The molecule has 2 atom stereocenters. The molecule has 0 spiro atoms. The van der Waals surface area contributed by atoms with Gasteiger partial charge in [-0.15, -0.1) is 10.2 Å². The average molecular weight is 640 g/mol. The second-order valence-corrected chi connectivity index (χ2v) is 10.4. The number of likely N-dealkylation sites (tertiary alicyclic amines) is 1. The van der Waals surface area contributed by atoms with Gasteiger partial charge in [0.15, 0.2) is 22.9 Å². The minimum atomic E-state index is -4.99. The van der Waals surface area contributed by atoms with Gasteiger partial charge in [0.1, 0.15) is 12.2 Å². The Labute approximate surface area is 250 Å². The summed E-state index contributed by atoms with van der Waals surface area (Å²) >= 11 is 12.2. The number of hydrogen-bond donors (Lipinski definition) is 2. The van der Waals surface area contributed by atoms with E-state index in [1.807, 2.05) is 0 Å². The first-order valence-electron chi connectivity index (χ1n) is 12.7. The van der Waals surface area contributed by atoms with Crippen LogP contribution < -0.4 is 11.0 Å². The van der Waals surface area contributed by atoms with E-state index in [-0.39, 0.29) is 39.9 Å². The van der Waals surface area contributed by atoms with Crippen LogP contribution in [0.2, 0.25) is 10.2 Å². The highest BCUT2D eigenvalue weighted by atomic mass is 35.5. The fourth-order valence-electron chi connectivity index (χ4n) is 4.45. The second-order valence-electron chi connectivity index (χ2n) is 9.57. The van der Waals surface area contributed by atoms with Crippen molar-refractivity contribution in [3.05, 3.63) is 74.9 Å². The number of carbonyl (C=O) groups excluding carboxylic acids is 2. The third-order valence-electron chi connectivity index (χ3n) is 6.58. The van der Waals surface area contributed by atoms with Crippen molar-refractivity contribution in [3.8, 4) is 17.1 Å². The summed E-state index contributed by atoms with van der Waals surface area (Å²) in [5, 5.41) is 21.4. The predicted octanol–water partition coefficient (Wildman–Crippen LogP) is 1.93. The van der Waals surface area contributed by atoms with Gasteiger partial charge in [-0.2, -0.15) is 13.2 Å². The highest BCUT2D eigenvalue weighted by Crippen LogP contribution is 2.24. The van der Waals surface area contributed by atoms with Gasteiger partial charge in [-0.1, -0.05) is 23.2 Å². The van der Waals surface area contributed by atoms with Crippen molar-refractivity contribution in [2.75, 3.05) is 13.1 Å². The van der Waals surface area contributed by atoms with E-state index in [0.29, 0.717) is 35.5 Å². The zero-order valence-electron chi connectivity index (χ0n) is 21.9. The highest BCUT2D eigenvalue weighted by molar-refractivity contribution is 6.31. The van der Waals surface area contributed by atoms with Crippen LogP contribution in [-0.2, 0) is 17.9 Å². The molecule has 4 aromatic rings. The molecule has 5 rings (SSSR count). The minimum absolute atomic E-state index is 0.00592. The van der Waals surface area contributed by atoms with Crippen molar-refractivity contribution in [2.45, 2.75) is 37.8 Å². The van der Waals surface area contributed by atoms with Gasteiger partial charge in [0.05, 0.1) is 6.54 Å². The Morgan fingerprint density at radius 3 is 2.58 bits per heavy atom. The summed E-state index contributed by atoms with van der Waals surface area (Å²) in [5.41, 5.74) is -0.534. The van der Waals surface area contributed by atoms with Gasteiger partial charge in [-0.3, -0.25) is 14.2 Å². The molecule has 1 unspecified atom stereocenters. The Balaban J connectivity index is 1.53. The number of alkyl halides is 3. The topological polar surface area (TPSA) is 153 Å². The number of halogens is 5. The number of amides is 2. The minimum Gasteiger partial charge on any atom is -0.382 e. The number of hydrogen-bond acceptors (Lipinski definition) is 8. The number of aliphatic hydroxyl groups excluding tert-OH is 1. The summed E-state index contributed by atoms with van der Waals surface area (Å²) in [5.74, 6) is -1.13. The lowest BCUT2D eigenvalue weighted by atomic mass is 10.2. The summed E-state index contributed by atoms with van der Waals surface area (Å²) in [6.07, 6.45) is -5.21. The standard InChI is InChI=1S/C25H22Cl2F3N9O4/c26-15-5-3-14(4-6-15)21-35-38(24(43)37(21)11-18(41)25(28,29)30)12-19-33-22(23(42)32-16-7-9-36(10-16)13-40)39(34-19)17-2-1-8-31-20(17)27/h1-6,8,13,16,18,41H,7,9-12H2,(H,32,42)/t16?,18-/m0/s1. The zero-order chi connectivity index (χ0) is 30.9. The number of rotatable bonds is 9. The number of carbonyl (C=O) groups is 2. The van der Waals surface area contributed by atoms with E-state index in [1.54, 1.807) is 6.07 Å². The van der Waals surface area contributed by atoms with E-state index in [4.69, 9.17) is 23.2 Å². The zero-order valence-corrected chi connectivity index (χ0v) is 23.5. The molecule has 13 nitrogen and oxygen atoms in total. The molecule has 0 bridgehead atoms. The van der Waals surface area contributed by atoms with E-state index in [0.717, 1.165) is 9.36 Å². The van der Waals surface area contributed by atoms with Crippen molar-refractivity contribution in [1.29, 1.82) is 0 Å². The summed E-state index contributed by atoms with van der Waals surface area (Å²) in [7, 11) is 0. The molecular weight excluding hydrogens is 618 g/mol. The van der Waals surface area contributed by atoms with Crippen LogP contribution in [0.4, 0.5) is 13.2 Å². The maximum Gasteiger partial charge on any atom is 0.416 e. The summed E-state index contributed by atoms with van der Waals surface area (Å²) in [6.45, 7) is -0.818. The van der Waals surface area contributed by atoms with Gasteiger partial charge in [0, 0.05) is 35.9 Å². The summed E-state index contributed by atoms with van der Waals surface area (Å²) < 4.78 is 42.2. The molecule has 226 valence electrons. The maximum atomic E-state index is 13.3. The van der Waals surface area contributed by atoms with Gasteiger partial charge in [-0.25, -0.2) is 24.1 Å². The predicted molar refractivity (Wildman–Crippen MR) is 146 cm³/mol. The molecule has 3 aromatic heterocycles. The first-order valence-corrected chi connectivity index (χ1v) is 13.5. The summed E-state index contributed by atoms with van der Waals surface area (Å²) in [6, 6.07) is 8.59. The molecule has 1 aromatic carbocycles. The molecule has 1 fully saturated rings. The molecule has 1 aliphatic heterocycles. The molecule has 43 heavy (non-hydrogen) atoms. The number of nitrogens with one attached hydrogen (secondary N) is 1. The van der Waals surface area contributed by atoms with E-state index < -0.39 is 37.0 Å². The Morgan fingerprint density at radius 1 is 1.19 bits per heavy atom. The Morgan fingerprint density at radius 2 is 1.93 bits per heavy atom. The summed E-state index contributed by atoms with van der Waals surface area (Å²) in [4.78, 5) is 47.4. The number of benzene rings is 1. The van der Waals surface area contributed by atoms with Crippen molar-refractivity contribution in [3.63, 3.8) is 0 Å². The van der Waals surface area contributed by atoms with Gasteiger partial charge >= 0.3 is 11.9 Å². The number of nitrogens with zero attached hydrogens (tertiary/aromatic N) is 8. The molecule has 0 aliphatic carbocycles. The molecule has 18 heteroatoms. The Hall–Kier alpha value is -4.28. The number of pyridine rings is 1. The average Bonchev–Trinajstić information content (AvgIpc) is 3.68. The maximum absolute atomic E-state index is 13.3. The van der Waals surface area contributed by atoms with E-state index in [1.165, 1.54) is 41.4 Å². The van der Waals surface area contributed by atoms with Crippen LogP contribution in [0, 0.1) is 0 Å². The highest BCUT2D eigenvalue weighted by Gasteiger charge is 2.39. The fraction of sp³-hybridized carbons (Fsp3) is 0.320. The lowest BCUT2D eigenvalue weighted by Crippen LogP contribution is -2.38. The quantitative estimate of drug-likeness (QED) is 0.208. The molecular formula is C25H22Cl2F3N9O4. The van der Waals surface area contributed by atoms with Crippen LogP contribution in [0.5, 0.6) is 0 Å². The van der Waals surface area contributed by atoms with E-state index in [2.05, 4.69) is 25.5 Å². The first kappa shape index (κ1) is 30.2. The molecule has 2 amide bonds. The number of aromatic nitrogens is 7. The van der Waals surface area contributed by atoms with E-state index in [9.17, 15) is 32.7 Å². The molecule has 0 saturated carbocycles. The fourth-order valence-corrected chi connectivity index (χ4v) is 4.78. The second kappa shape index (κ2) is 12.1. The van der Waals surface area contributed by atoms with E-state index >= 15 is 0 Å². The van der Waals surface area contributed by atoms with Gasteiger partial charge in [-0.05, 0) is 42.8 Å². The third-order valence-corrected chi connectivity index (χ3v) is 7.12. The molecule has 1 saturated heterocycles. The van der Waals surface area contributed by atoms with Crippen molar-refractivity contribution >= 4 is 35.5 Å².